The van der Waals surface area contributed by atoms with Gasteiger partial charge in [0.2, 0.25) is 11.8 Å². The lowest BCUT2D eigenvalue weighted by Crippen LogP contribution is -2.37. The molecular weight excluding hydrogens is 346 g/mol. The van der Waals surface area contributed by atoms with Gasteiger partial charge < -0.3 is 19.7 Å². The molecule has 1 atom stereocenters. The van der Waals surface area contributed by atoms with Crippen LogP contribution in [0.1, 0.15) is 12.1 Å². The monoisotopic (exact) mass is 369 g/mol. The smallest absolute Gasteiger partial charge is 0.239 e. The van der Waals surface area contributed by atoms with Crippen molar-refractivity contribution in [2.45, 2.75) is 12.8 Å². The second-order valence-electron chi connectivity index (χ2n) is 6.23. The van der Waals surface area contributed by atoms with Gasteiger partial charge >= 0.3 is 0 Å². The number of benzene rings is 1. The minimum Gasteiger partial charge on any atom is -0.497 e. The zero-order chi connectivity index (χ0) is 19.2. The molecule has 2 heterocycles. The maximum atomic E-state index is 12.8. The number of hydrogen-bond acceptors (Lipinski definition) is 5. The Hall–Kier alpha value is -3.09. The molecule has 1 aromatic carbocycles. The number of aromatic nitrogens is 1. The van der Waals surface area contributed by atoms with E-state index in [1.165, 1.54) is 0 Å². The number of amides is 2. The minimum atomic E-state index is -0.690. The van der Waals surface area contributed by atoms with E-state index < -0.39 is 5.92 Å². The first-order valence-electron chi connectivity index (χ1n) is 8.85. The van der Waals surface area contributed by atoms with Crippen molar-refractivity contribution in [2.75, 3.05) is 32.2 Å². The maximum absolute atomic E-state index is 12.8. The Kier molecular flexibility index (Phi) is 5.90. The van der Waals surface area contributed by atoms with Gasteiger partial charge in [0, 0.05) is 37.5 Å². The first-order valence-corrected chi connectivity index (χ1v) is 8.85. The van der Waals surface area contributed by atoms with E-state index in [1.807, 2.05) is 18.2 Å². The van der Waals surface area contributed by atoms with Crippen molar-refractivity contribution in [3.8, 4) is 11.5 Å². The van der Waals surface area contributed by atoms with Crippen molar-refractivity contribution >= 4 is 17.5 Å². The van der Waals surface area contributed by atoms with E-state index in [9.17, 15) is 9.59 Å². The fraction of sp³-hybridized carbons (Fsp3) is 0.350. The highest BCUT2D eigenvalue weighted by molar-refractivity contribution is 6.10. The van der Waals surface area contributed by atoms with E-state index >= 15 is 0 Å². The summed E-state index contributed by atoms with van der Waals surface area (Å²) in [5, 5.41) is 2.84. The number of carbonyl (C=O) groups excluding carboxylic acids is 2. The third-order valence-corrected chi connectivity index (χ3v) is 4.61. The maximum Gasteiger partial charge on any atom is 0.239 e. The summed E-state index contributed by atoms with van der Waals surface area (Å²) in [6.07, 6.45) is 2.81. The van der Waals surface area contributed by atoms with E-state index in [4.69, 9.17) is 9.47 Å². The molecule has 0 bridgehead atoms. The molecule has 142 valence electrons. The summed E-state index contributed by atoms with van der Waals surface area (Å²) >= 11 is 0. The quantitative estimate of drug-likeness (QED) is 0.753. The second kappa shape index (κ2) is 8.53. The summed E-state index contributed by atoms with van der Waals surface area (Å²) in [7, 11) is 3.11. The molecule has 0 spiro atoms. The average molecular weight is 369 g/mol. The Balaban J connectivity index is 1.63. The molecule has 1 aromatic heterocycles. The summed E-state index contributed by atoms with van der Waals surface area (Å²) in [4.78, 5) is 31.1. The Bertz CT molecular complexity index is 810. The Morgan fingerprint density at radius 3 is 2.81 bits per heavy atom. The zero-order valence-corrected chi connectivity index (χ0v) is 15.5. The number of rotatable bonds is 7. The van der Waals surface area contributed by atoms with Gasteiger partial charge in [-0.15, -0.1) is 0 Å². The number of carbonyl (C=O) groups is 2. The van der Waals surface area contributed by atoms with Crippen LogP contribution in [0, 0.1) is 5.92 Å². The van der Waals surface area contributed by atoms with Crippen LogP contribution in [-0.2, 0) is 16.0 Å². The van der Waals surface area contributed by atoms with E-state index in [-0.39, 0.29) is 11.8 Å². The molecule has 0 aliphatic carbocycles. The number of hydrogen-bond donors (Lipinski definition) is 1. The first-order chi connectivity index (χ1) is 13.1. The van der Waals surface area contributed by atoms with E-state index in [2.05, 4.69) is 10.3 Å². The summed E-state index contributed by atoms with van der Waals surface area (Å²) in [6.45, 7) is 0.906. The molecular formula is C20H23N3O4. The number of anilines is 1. The van der Waals surface area contributed by atoms with Crippen LogP contribution in [0.15, 0.2) is 42.6 Å². The highest BCUT2D eigenvalue weighted by Crippen LogP contribution is 2.36. The van der Waals surface area contributed by atoms with Gasteiger partial charge in [-0.25, -0.2) is 0 Å². The van der Waals surface area contributed by atoms with Crippen LogP contribution in [0.3, 0.4) is 0 Å². The molecule has 1 saturated heterocycles. The van der Waals surface area contributed by atoms with Crippen molar-refractivity contribution in [2.24, 2.45) is 5.92 Å². The average Bonchev–Trinajstić information content (AvgIpc) is 3.09. The van der Waals surface area contributed by atoms with Crippen LogP contribution in [0.4, 0.5) is 5.69 Å². The Morgan fingerprint density at radius 2 is 2.11 bits per heavy atom. The fourth-order valence-electron chi connectivity index (χ4n) is 3.15. The van der Waals surface area contributed by atoms with Crippen molar-refractivity contribution in [1.82, 2.24) is 10.3 Å². The lowest BCUT2D eigenvalue weighted by molar-refractivity contribution is -0.132. The summed E-state index contributed by atoms with van der Waals surface area (Å²) in [5.74, 6) is 0.0315. The molecule has 3 rings (SSSR count). The largest absolute Gasteiger partial charge is 0.497 e. The molecule has 0 radical (unpaired) electrons. The highest BCUT2D eigenvalue weighted by Gasteiger charge is 2.38. The molecule has 0 saturated carbocycles. The van der Waals surface area contributed by atoms with Gasteiger partial charge in [-0.3, -0.25) is 14.6 Å². The summed E-state index contributed by atoms with van der Waals surface area (Å²) in [6, 6.07) is 10.9. The third kappa shape index (κ3) is 4.19. The molecule has 1 aliphatic heterocycles. The van der Waals surface area contributed by atoms with E-state index in [0.29, 0.717) is 43.1 Å². The van der Waals surface area contributed by atoms with E-state index in [0.717, 1.165) is 5.69 Å². The Morgan fingerprint density at radius 1 is 1.26 bits per heavy atom. The number of nitrogens with zero attached hydrogens (tertiary/aromatic N) is 2. The van der Waals surface area contributed by atoms with Crippen LogP contribution in [0.2, 0.25) is 0 Å². The third-order valence-electron chi connectivity index (χ3n) is 4.61. The molecule has 7 heteroatoms. The first kappa shape index (κ1) is 18.7. The van der Waals surface area contributed by atoms with Gasteiger partial charge in [-0.1, -0.05) is 6.07 Å². The Labute approximate surface area is 158 Å². The van der Waals surface area contributed by atoms with Crippen LogP contribution in [0.5, 0.6) is 11.5 Å². The lowest BCUT2D eigenvalue weighted by Gasteiger charge is -2.20. The second-order valence-corrected chi connectivity index (χ2v) is 6.23. The molecule has 7 nitrogen and oxygen atoms in total. The van der Waals surface area contributed by atoms with E-state index in [1.54, 1.807) is 43.5 Å². The number of pyridine rings is 1. The lowest BCUT2D eigenvalue weighted by atomic mass is 10.1. The fourth-order valence-corrected chi connectivity index (χ4v) is 3.15. The molecule has 1 aliphatic rings. The van der Waals surface area contributed by atoms with Crippen LogP contribution < -0.4 is 19.7 Å². The zero-order valence-electron chi connectivity index (χ0n) is 15.5. The number of nitrogens with one attached hydrogen (secondary N) is 1. The van der Waals surface area contributed by atoms with Crippen molar-refractivity contribution in [3.63, 3.8) is 0 Å². The van der Waals surface area contributed by atoms with Gasteiger partial charge in [0.05, 0.1) is 19.9 Å². The number of ether oxygens (including phenoxy) is 2. The molecule has 2 amide bonds. The van der Waals surface area contributed by atoms with Crippen molar-refractivity contribution < 1.29 is 19.1 Å². The topological polar surface area (TPSA) is 80.8 Å². The van der Waals surface area contributed by atoms with Crippen LogP contribution in [0.25, 0.3) is 0 Å². The molecule has 27 heavy (non-hydrogen) atoms. The van der Waals surface area contributed by atoms with Gasteiger partial charge in [0.1, 0.15) is 17.4 Å². The predicted molar refractivity (Wildman–Crippen MR) is 101 cm³/mol. The number of methoxy groups -OCH3 is 2. The molecule has 2 aromatic rings. The molecule has 1 unspecified atom stereocenters. The standard InChI is InChI=1S/C20H23N3O4/c1-26-15-6-7-18(27-2)17(13-15)23-12-9-16(20(23)25)19(24)22-11-8-14-5-3-4-10-21-14/h3-7,10,13,16H,8-9,11-12H2,1-2H3,(H,22,24). The van der Waals surface area contributed by atoms with Crippen molar-refractivity contribution in [3.05, 3.63) is 48.3 Å². The molecule has 1 N–H and O–H groups in total. The molecule has 1 fully saturated rings. The van der Waals surface area contributed by atoms with Gasteiger partial charge in [0.25, 0.3) is 0 Å². The SMILES string of the molecule is COc1ccc(OC)c(N2CCC(C(=O)NCCc3ccccn3)C2=O)c1. The summed E-state index contributed by atoms with van der Waals surface area (Å²) in [5.41, 5.74) is 1.52. The van der Waals surface area contributed by atoms with Crippen molar-refractivity contribution in [1.29, 1.82) is 0 Å². The van der Waals surface area contributed by atoms with Gasteiger partial charge in [-0.2, -0.15) is 0 Å². The van der Waals surface area contributed by atoms with Gasteiger partial charge in [-0.05, 0) is 30.7 Å². The predicted octanol–water partition coefficient (Wildman–Crippen LogP) is 1.81. The highest BCUT2D eigenvalue weighted by atomic mass is 16.5. The van der Waals surface area contributed by atoms with Crippen LogP contribution in [-0.4, -0.2) is 44.1 Å². The minimum absolute atomic E-state index is 0.225. The van der Waals surface area contributed by atoms with Gasteiger partial charge in [0.15, 0.2) is 0 Å². The normalized spacial score (nSPS) is 16.3. The summed E-state index contributed by atoms with van der Waals surface area (Å²) < 4.78 is 10.6. The van der Waals surface area contributed by atoms with Crippen LogP contribution >= 0.6 is 0 Å².